The van der Waals surface area contributed by atoms with Crippen molar-refractivity contribution in [1.29, 1.82) is 0 Å². The Morgan fingerprint density at radius 3 is 2.50 bits per heavy atom. The van der Waals surface area contributed by atoms with Crippen LogP contribution in [0.2, 0.25) is 0 Å². The smallest absolute Gasteiger partial charge is 0.423 e. The van der Waals surface area contributed by atoms with Gasteiger partial charge in [0.15, 0.2) is 0 Å². The van der Waals surface area contributed by atoms with Gasteiger partial charge in [0.25, 0.3) is 0 Å². The zero-order chi connectivity index (χ0) is 20.9. The molecule has 0 aromatic heterocycles. The molecule has 0 heterocycles. The maximum absolute atomic E-state index is 13.8. The van der Waals surface area contributed by atoms with Crippen molar-refractivity contribution in [2.24, 2.45) is 10.9 Å². The molecular weight excluding hydrogens is 373 g/mol. The summed E-state index contributed by atoms with van der Waals surface area (Å²) in [7, 11) is 3.11. The lowest BCUT2D eigenvalue weighted by Crippen LogP contribution is -2.47. The van der Waals surface area contributed by atoms with Crippen molar-refractivity contribution in [3.05, 3.63) is 23.3 Å². The first-order chi connectivity index (χ1) is 13.1. The second kappa shape index (κ2) is 9.13. The molecule has 0 amide bonds. The largest absolute Gasteiger partial charge is 0.496 e. The Morgan fingerprint density at radius 1 is 1.32 bits per heavy atom. The Morgan fingerprint density at radius 2 is 2.00 bits per heavy atom. The topological polar surface area (TPSA) is 54.3 Å². The van der Waals surface area contributed by atoms with Gasteiger partial charge in [-0.3, -0.25) is 0 Å². The highest BCUT2D eigenvalue weighted by molar-refractivity contribution is 5.65. The second-order valence-corrected chi connectivity index (χ2v) is 7.33. The molecule has 1 fully saturated rings. The van der Waals surface area contributed by atoms with Gasteiger partial charge in [0.05, 0.1) is 25.7 Å². The van der Waals surface area contributed by atoms with E-state index < -0.39 is 18.4 Å². The van der Waals surface area contributed by atoms with E-state index in [0.29, 0.717) is 11.3 Å². The van der Waals surface area contributed by atoms with E-state index in [1.807, 2.05) is 18.9 Å². The molecule has 0 radical (unpaired) electrons. The summed E-state index contributed by atoms with van der Waals surface area (Å²) in [5, 5.41) is 10.6. The standard InChI is InChI=1S/C20H29F3N2O3/c1-5-25(3)13-24-17-10-18(27-4)16(9-14(17)2)19(26,20(21,22)23)12-28-11-15-7-6-8-15/h9-10,13,15,26H,5-8,11-12H2,1-4H3. The summed E-state index contributed by atoms with van der Waals surface area (Å²) < 4.78 is 52.0. The number of methoxy groups -OCH3 is 1. The number of aliphatic imine (C=N–C) groups is 1. The highest BCUT2D eigenvalue weighted by Gasteiger charge is 2.57. The van der Waals surface area contributed by atoms with Gasteiger partial charge in [-0.05, 0) is 44.2 Å². The van der Waals surface area contributed by atoms with Crippen LogP contribution >= 0.6 is 0 Å². The number of hydrogen-bond donors (Lipinski definition) is 1. The van der Waals surface area contributed by atoms with Crippen molar-refractivity contribution < 1.29 is 27.8 Å². The van der Waals surface area contributed by atoms with Crippen molar-refractivity contribution in [2.75, 3.05) is 33.9 Å². The quantitative estimate of drug-likeness (QED) is 0.497. The zero-order valence-electron chi connectivity index (χ0n) is 16.8. The molecule has 28 heavy (non-hydrogen) atoms. The lowest BCUT2D eigenvalue weighted by atomic mass is 9.86. The molecule has 5 nitrogen and oxygen atoms in total. The van der Waals surface area contributed by atoms with Crippen molar-refractivity contribution in [2.45, 2.75) is 44.9 Å². The fourth-order valence-corrected chi connectivity index (χ4v) is 2.90. The van der Waals surface area contributed by atoms with Gasteiger partial charge in [-0.1, -0.05) is 6.42 Å². The molecule has 0 saturated heterocycles. The van der Waals surface area contributed by atoms with Gasteiger partial charge in [0, 0.05) is 31.8 Å². The molecule has 1 saturated carbocycles. The summed E-state index contributed by atoms with van der Waals surface area (Å²) in [5.74, 6) is 0.192. The molecule has 0 aliphatic heterocycles. The van der Waals surface area contributed by atoms with Crippen molar-refractivity contribution in [1.82, 2.24) is 4.90 Å². The van der Waals surface area contributed by atoms with Gasteiger partial charge in [0.1, 0.15) is 5.75 Å². The summed E-state index contributed by atoms with van der Waals surface area (Å²) in [4.78, 5) is 6.13. The average Bonchev–Trinajstić information content (AvgIpc) is 2.60. The first-order valence-corrected chi connectivity index (χ1v) is 9.42. The van der Waals surface area contributed by atoms with E-state index in [-0.39, 0.29) is 23.8 Å². The zero-order valence-corrected chi connectivity index (χ0v) is 16.8. The molecule has 2 rings (SSSR count). The summed E-state index contributed by atoms with van der Waals surface area (Å²) in [5.41, 5.74) is -2.55. The van der Waals surface area contributed by atoms with Crippen LogP contribution in [0.1, 0.15) is 37.3 Å². The molecule has 1 N–H and O–H groups in total. The van der Waals surface area contributed by atoms with Gasteiger partial charge in [0.2, 0.25) is 5.60 Å². The molecule has 1 aliphatic rings. The van der Waals surface area contributed by atoms with Crippen LogP contribution < -0.4 is 4.74 Å². The van der Waals surface area contributed by atoms with E-state index in [9.17, 15) is 18.3 Å². The Balaban J connectivity index is 2.35. The normalized spacial score (nSPS) is 17.4. The number of halogens is 3. The van der Waals surface area contributed by atoms with Crippen LogP contribution in [0, 0.1) is 12.8 Å². The van der Waals surface area contributed by atoms with E-state index in [1.54, 1.807) is 13.3 Å². The lowest BCUT2D eigenvalue weighted by molar-refractivity contribution is -0.283. The molecule has 8 heteroatoms. The van der Waals surface area contributed by atoms with Gasteiger partial charge < -0.3 is 19.5 Å². The maximum atomic E-state index is 13.8. The minimum absolute atomic E-state index is 0.0797. The summed E-state index contributed by atoms with van der Waals surface area (Å²) in [6.07, 6.45) is -0.351. The first-order valence-electron chi connectivity index (χ1n) is 9.42. The van der Waals surface area contributed by atoms with Crippen LogP contribution in [0.4, 0.5) is 18.9 Å². The number of nitrogens with zero attached hydrogens (tertiary/aromatic N) is 2. The Kier molecular flexibility index (Phi) is 7.33. The number of hydrogen-bond acceptors (Lipinski definition) is 4. The summed E-state index contributed by atoms with van der Waals surface area (Å²) in [6.45, 7) is 3.68. The number of ether oxygens (including phenoxy) is 2. The highest BCUT2D eigenvalue weighted by Crippen LogP contribution is 2.45. The van der Waals surface area contributed by atoms with Gasteiger partial charge in [-0.25, -0.2) is 4.99 Å². The molecular formula is C20H29F3N2O3. The minimum Gasteiger partial charge on any atom is -0.496 e. The van der Waals surface area contributed by atoms with Crippen molar-refractivity contribution >= 4 is 12.0 Å². The molecule has 0 bridgehead atoms. The van der Waals surface area contributed by atoms with Crippen LogP contribution in [0.3, 0.4) is 0 Å². The average molecular weight is 402 g/mol. The first kappa shape index (κ1) is 22.5. The fraction of sp³-hybridized carbons (Fsp3) is 0.650. The van der Waals surface area contributed by atoms with Crippen LogP contribution in [0.15, 0.2) is 17.1 Å². The monoisotopic (exact) mass is 402 g/mol. The van der Waals surface area contributed by atoms with E-state index in [4.69, 9.17) is 9.47 Å². The molecule has 1 unspecified atom stereocenters. The third-order valence-corrected chi connectivity index (χ3v) is 5.21. The van der Waals surface area contributed by atoms with E-state index in [0.717, 1.165) is 25.8 Å². The third-order valence-electron chi connectivity index (χ3n) is 5.21. The van der Waals surface area contributed by atoms with Crippen LogP contribution in [-0.2, 0) is 10.3 Å². The van der Waals surface area contributed by atoms with Crippen molar-refractivity contribution in [3.8, 4) is 5.75 Å². The molecule has 158 valence electrons. The van der Waals surface area contributed by atoms with Gasteiger partial charge in [-0.15, -0.1) is 0 Å². The number of alkyl halides is 3. The SMILES string of the molecule is CCN(C)C=Nc1cc(OC)c(C(O)(COCC2CCC2)C(F)(F)F)cc1C. The number of rotatable bonds is 9. The van der Waals surface area contributed by atoms with E-state index in [2.05, 4.69) is 4.99 Å². The molecule has 1 atom stereocenters. The number of aryl methyl sites for hydroxylation is 1. The Labute approximate surface area is 164 Å². The lowest BCUT2D eigenvalue weighted by Gasteiger charge is -2.33. The maximum Gasteiger partial charge on any atom is 0.423 e. The molecule has 1 aliphatic carbocycles. The van der Waals surface area contributed by atoms with E-state index in [1.165, 1.54) is 19.2 Å². The predicted octanol–water partition coefficient (Wildman–Crippen LogP) is 4.18. The van der Waals surface area contributed by atoms with Crippen LogP contribution in [0.25, 0.3) is 0 Å². The minimum atomic E-state index is -4.92. The number of benzene rings is 1. The number of aliphatic hydroxyl groups is 1. The Hall–Kier alpha value is -1.80. The highest BCUT2D eigenvalue weighted by atomic mass is 19.4. The third kappa shape index (κ3) is 4.97. The van der Waals surface area contributed by atoms with Crippen LogP contribution in [0.5, 0.6) is 5.75 Å². The molecule has 1 aromatic carbocycles. The van der Waals surface area contributed by atoms with Crippen molar-refractivity contribution in [3.63, 3.8) is 0 Å². The Bertz CT molecular complexity index is 690. The van der Waals surface area contributed by atoms with Gasteiger partial charge >= 0.3 is 6.18 Å². The fourth-order valence-electron chi connectivity index (χ4n) is 2.90. The molecule has 1 aromatic rings. The summed E-state index contributed by atoms with van der Waals surface area (Å²) in [6, 6.07) is 2.69. The predicted molar refractivity (Wildman–Crippen MR) is 102 cm³/mol. The van der Waals surface area contributed by atoms with E-state index >= 15 is 0 Å². The molecule has 0 spiro atoms. The summed E-state index contributed by atoms with van der Waals surface area (Å²) >= 11 is 0. The van der Waals surface area contributed by atoms with Gasteiger partial charge in [-0.2, -0.15) is 13.2 Å². The second-order valence-electron chi connectivity index (χ2n) is 7.33. The van der Waals surface area contributed by atoms with Crippen LogP contribution in [-0.4, -0.2) is 56.4 Å².